The van der Waals surface area contributed by atoms with Crippen molar-refractivity contribution in [1.29, 1.82) is 0 Å². The van der Waals surface area contributed by atoms with Gasteiger partial charge in [-0.05, 0) is 19.9 Å². The number of carbonyl (C=O) groups is 1. The van der Waals surface area contributed by atoms with Crippen molar-refractivity contribution in [2.75, 3.05) is 53.5 Å². The molecule has 1 aromatic rings. The fourth-order valence-electron chi connectivity index (χ4n) is 4.10. The molecule has 0 aromatic carbocycles. The Morgan fingerprint density at radius 1 is 1.24 bits per heavy atom. The van der Waals surface area contributed by atoms with Gasteiger partial charge in [-0.3, -0.25) is 14.6 Å². The summed E-state index contributed by atoms with van der Waals surface area (Å²) >= 11 is 0. The standard InChI is InChI=1S/C18H31N5O2/c1-20-9-7-19-16(20)14-22-11-10-21(2)18(15-22)5-4-17(24)23(8-6-18)12-13-25-3/h7,9H,4-6,8,10-15H2,1-3H3/t18-/m1/s1. The summed E-state index contributed by atoms with van der Waals surface area (Å²) in [5.41, 5.74) is 0.0842. The van der Waals surface area contributed by atoms with Gasteiger partial charge in [0.05, 0.1) is 13.2 Å². The van der Waals surface area contributed by atoms with E-state index in [4.69, 9.17) is 4.74 Å². The molecule has 1 spiro atoms. The van der Waals surface area contributed by atoms with Gasteiger partial charge >= 0.3 is 0 Å². The van der Waals surface area contributed by atoms with Crippen LogP contribution in [0.3, 0.4) is 0 Å². The zero-order valence-corrected chi connectivity index (χ0v) is 15.8. The van der Waals surface area contributed by atoms with Crippen LogP contribution in [0.25, 0.3) is 0 Å². The molecule has 2 aliphatic heterocycles. The van der Waals surface area contributed by atoms with Crippen LogP contribution in [0.15, 0.2) is 12.4 Å². The van der Waals surface area contributed by atoms with E-state index >= 15 is 0 Å². The molecule has 1 atom stereocenters. The highest BCUT2D eigenvalue weighted by molar-refractivity contribution is 5.76. The fraction of sp³-hybridized carbons (Fsp3) is 0.778. The van der Waals surface area contributed by atoms with Crippen molar-refractivity contribution in [1.82, 2.24) is 24.3 Å². The van der Waals surface area contributed by atoms with Crippen LogP contribution >= 0.6 is 0 Å². The Balaban J connectivity index is 1.68. The number of likely N-dealkylation sites (tertiary alicyclic amines) is 1. The molecule has 0 unspecified atom stereocenters. The molecule has 2 aliphatic rings. The van der Waals surface area contributed by atoms with E-state index in [1.165, 1.54) is 0 Å². The Morgan fingerprint density at radius 2 is 2.08 bits per heavy atom. The molecule has 3 heterocycles. The van der Waals surface area contributed by atoms with Crippen molar-refractivity contribution in [3.8, 4) is 0 Å². The first-order valence-electron chi connectivity index (χ1n) is 9.20. The monoisotopic (exact) mass is 349 g/mol. The molecule has 140 valence electrons. The van der Waals surface area contributed by atoms with Gasteiger partial charge in [0.2, 0.25) is 5.91 Å². The molecule has 1 aromatic heterocycles. The summed E-state index contributed by atoms with van der Waals surface area (Å²) in [5.74, 6) is 1.37. The number of aryl methyl sites for hydroxylation is 1. The number of carbonyl (C=O) groups excluding carboxylic acids is 1. The number of piperazine rings is 1. The molecular formula is C18H31N5O2. The number of ether oxygens (including phenoxy) is 1. The predicted molar refractivity (Wildman–Crippen MR) is 96.2 cm³/mol. The summed E-state index contributed by atoms with van der Waals surface area (Å²) in [6.45, 7) is 6.10. The highest BCUT2D eigenvalue weighted by Crippen LogP contribution is 2.32. The fourth-order valence-corrected chi connectivity index (χ4v) is 4.10. The first kappa shape index (κ1) is 18.4. The normalized spacial score (nSPS) is 26.4. The SMILES string of the molecule is COCCN1CC[C@]2(CCC1=O)CN(Cc1nccn1C)CCN2C. The number of amides is 1. The van der Waals surface area contributed by atoms with Gasteiger partial charge in [0.15, 0.2) is 0 Å². The maximum Gasteiger partial charge on any atom is 0.222 e. The van der Waals surface area contributed by atoms with Crippen molar-refractivity contribution in [3.05, 3.63) is 18.2 Å². The lowest BCUT2D eigenvalue weighted by atomic mass is 9.86. The van der Waals surface area contributed by atoms with Gasteiger partial charge in [0, 0.05) is 71.2 Å². The van der Waals surface area contributed by atoms with Crippen molar-refractivity contribution < 1.29 is 9.53 Å². The molecule has 2 fully saturated rings. The molecule has 0 N–H and O–H groups in total. The van der Waals surface area contributed by atoms with Gasteiger partial charge < -0.3 is 14.2 Å². The Labute approximate surface area is 150 Å². The number of hydrogen-bond donors (Lipinski definition) is 0. The van der Waals surface area contributed by atoms with Crippen LogP contribution in [-0.2, 0) is 23.1 Å². The van der Waals surface area contributed by atoms with Gasteiger partial charge in [-0.1, -0.05) is 0 Å². The first-order chi connectivity index (χ1) is 12.0. The lowest BCUT2D eigenvalue weighted by Gasteiger charge is -2.49. The molecule has 7 heteroatoms. The van der Waals surface area contributed by atoms with Crippen molar-refractivity contribution in [3.63, 3.8) is 0 Å². The van der Waals surface area contributed by atoms with E-state index in [0.29, 0.717) is 19.6 Å². The number of hydrogen-bond acceptors (Lipinski definition) is 5. The van der Waals surface area contributed by atoms with Crippen molar-refractivity contribution in [2.45, 2.75) is 31.3 Å². The molecule has 2 saturated heterocycles. The third-order valence-corrected chi connectivity index (χ3v) is 5.93. The van der Waals surface area contributed by atoms with E-state index in [2.05, 4.69) is 26.4 Å². The number of imidazole rings is 1. The molecular weight excluding hydrogens is 318 g/mol. The van der Waals surface area contributed by atoms with Crippen LogP contribution in [-0.4, -0.2) is 89.2 Å². The summed E-state index contributed by atoms with van der Waals surface area (Å²) < 4.78 is 7.25. The van der Waals surface area contributed by atoms with Crippen molar-refractivity contribution >= 4 is 5.91 Å². The Hall–Kier alpha value is -1.44. The highest BCUT2D eigenvalue weighted by Gasteiger charge is 2.42. The molecule has 25 heavy (non-hydrogen) atoms. The van der Waals surface area contributed by atoms with Gasteiger partial charge in [0.1, 0.15) is 5.82 Å². The molecule has 0 radical (unpaired) electrons. The number of nitrogens with zero attached hydrogens (tertiary/aromatic N) is 5. The van der Waals surface area contributed by atoms with Crippen LogP contribution in [0.5, 0.6) is 0 Å². The summed E-state index contributed by atoms with van der Waals surface area (Å²) in [5, 5.41) is 0. The quantitative estimate of drug-likeness (QED) is 0.778. The highest BCUT2D eigenvalue weighted by atomic mass is 16.5. The third-order valence-electron chi connectivity index (χ3n) is 5.93. The van der Waals surface area contributed by atoms with Gasteiger partial charge in [-0.25, -0.2) is 4.98 Å². The second-order valence-electron chi connectivity index (χ2n) is 7.43. The van der Waals surface area contributed by atoms with Crippen LogP contribution in [0.2, 0.25) is 0 Å². The Bertz CT molecular complexity index is 590. The van der Waals surface area contributed by atoms with E-state index in [9.17, 15) is 4.79 Å². The van der Waals surface area contributed by atoms with Gasteiger partial charge in [-0.2, -0.15) is 0 Å². The predicted octanol–water partition coefficient (Wildman–Crippen LogP) is 0.565. The smallest absolute Gasteiger partial charge is 0.222 e. The van der Waals surface area contributed by atoms with E-state index in [0.717, 1.165) is 51.4 Å². The van der Waals surface area contributed by atoms with Crippen LogP contribution < -0.4 is 0 Å². The maximum atomic E-state index is 12.5. The Kier molecular flexibility index (Phi) is 5.76. The second kappa shape index (κ2) is 7.85. The number of rotatable bonds is 5. The lowest BCUT2D eigenvalue weighted by molar-refractivity contribution is -0.131. The Morgan fingerprint density at radius 3 is 2.80 bits per heavy atom. The molecule has 7 nitrogen and oxygen atoms in total. The number of aromatic nitrogens is 2. The number of likely N-dealkylation sites (N-methyl/N-ethyl adjacent to an activating group) is 1. The van der Waals surface area contributed by atoms with E-state index in [1.807, 2.05) is 24.3 Å². The van der Waals surface area contributed by atoms with Gasteiger partial charge in [-0.15, -0.1) is 0 Å². The zero-order chi connectivity index (χ0) is 17.9. The van der Waals surface area contributed by atoms with Gasteiger partial charge in [0.25, 0.3) is 0 Å². The van der Waals surface area contributed by atoms with Crippen LogP contribution in [0.1, 0.15) is 25.1 Å². The largest absolute Gasteiger partial charge is 0.383 e. The van der Waals surface area contributed by atoms with Crippen molar-refractivity contribution in [2.24, 2.45) is 7.05 Å². The topological polar surface area (TPSA) is 53.8 Å². The average molecular weight is 349 g/mol. The van der Waals surface area contributed by atoms with E-state index in [-0.39, 0.29) is 11.4 Å². The second-order valence-corrected chi connectivity index (χ2v) is 7.43. The summed E-state index contributed by atoms with van der Waals surface area (Å²) in [7, 11) is 5.95. The van der Waals surface area contributed by atoms with E-state index in [1.54, 1.807) is 7.11 Å². The van der Waals surface area contributed by atoms with Crippen LogP contribution in [0, 0.1) is 0 Å². The third kappa shape index (κ3) is 4.04. The minimum absolute atomic E-state index is 0.0842. The molecule has 0 bridgehead atoms. The number of methoxy groups -OCH3 is 1. The van der Waals surface area contributed by atoms with E-state index < -0.39 is 0 Å². The van der Waals surface area contributed by atoms with Crippen LogP contribution in [0.4, 0.5) is 0 Å². The zero-order valence-electron chi connectivity index (χ0n) is 15.8. The minimum Gasteiger partial charge on any atom is -0.383 e. The maximum absolute atomic E-state index is 12.5. The molecule has 3 rings (SSSR count). The molecule has 0 aliphatic carbocycles. The first-order valence-corrected chi connectivity index (χ1v) is 9.20. The minimum atomic E-state index is 0.0842. The molecule has 0 saturated carbocycles. The molecule has 1 amide bonds. The summed E-state index contributed by atoms with van der Waals surface area (Å²) in [6, 6.07) is 0. The average Bonchev–Trinajstić information content (AvgIpc) is 2.93. The lowest BCUT2D eigenvalue weighted by Crippen LogP contribution is -2.60. The summed E-state index contributed by atoms with van der Waals surface area (Å²) in [4.78, 5) is 23.9. The summed E-state index contributed by atoms with van der Waals surface area (Å²) in [6.07, 6.45) is 6.45.